The zero-order valence-electron chi connectivity index (χ0n) is 11.2. The van der Waals surface area contributed by atoms with Crippen molar-refractivity contribution in [3.63, 3.8) is 0 Å². The SMILES string of the molecule is CCN(CC(C)C#N)c1c(F)cccc1[C@@H](C)N. The van der Waals surface area contributed by atoms with Crippen molar-refractivity contribution in [1.82, 2.24) is 0 Å². The van der Waals surface area contributed by atoms with Crippen LogP contribution in [0.3, 0.4) is 0 Å². The lowest BCUT2D eigenvalue weighted by atomic mass is 10.0. The molecule has 0 aliphatic carbocycles. The van der Waals surface area contributed by atoms with E-state index < -0.39 is 0 Å². The van der Waals surface area contributed by atoms with Gasteiger partial charge in [-0.2, -0.15) is 5.26 Å². The van der Waals surface area contributed by atoms with Crippen molar-refractivity contribution in [2.75, 3.05) is 18.0 Å². The quantitative estimate of drug-likeness (QED) is 0.873. The zero-order chi connectivity index (χ0) is 13.7. The lowest BCUT2D eigenvalue weighted by molar-refractivity contribution is 0.600. The fourth-order valence-corrected chi connectivity index (χ4v) is 1.98. The number of nitrogens with zero attached hydrogens (tertiary/aromatic N) is 2. The van der Waals surface area contributed by atoms with E-state index in [1.165, 1.54) is 6.07 Å². The number of rotatable bonds is 5. The van der Waals surface area contributed by atoms with E-state index in [1.807, 2.05) is 31.7 Å². The number of nitrogens with two attached hydrogens (primary N) is 1. The molecule has 1 aromatic rings. The van der Waals surface area contributed by atoms with Crippen LogP contribution in [0.5, 0.6) is 0 Å². The molecule has 1 unspecified atom stereocenters. The van der Waals surface area contributed by atoms with Gasteiger partial charge in [-0.05, 0) is 32.4 Å². The maximum absolute atomic E-state index is 14.0. The molecular weight excluding hydrogens is 229 g/mol. The number of nitriles is 1. The third-order valence-electron chi connectivity index (χ3n) is 2.92. The molecule has 4 heteroatoms. The van der Waals surface area contributed by atoms with Crippen LogP contribution in [-0.4, -0.2) is 13.1 Å². The summed E-state index contributed by atoms with van der Waals surface area (Å²) in [7, 11) is 0. The average Bonchev–Trinajstić information content (AvgIpc) is 2.35. The number of benzene rings is 1. The molecular formula is C14H20FN3. The molecule has 0 bridgehead atoms. The summed E-state index contributed by atoms with van der Waals surface area (Å²) in [5.41, 5.74) is 7.19. The average molecular weight is 249 g/mol. The summed E-state index contributed by atoms with van der Waals surface area (Å²) in [6.45, 7) is 6.76. The largest absolute Gasteiger partial charge is 0.368 e. The lowest BCUT2D eigenvalue weighted by Crippen LogP contribution is -2.30. The van der Waals surface area contributed by atoms with Gasteiger partial charge in [0, 0.05) is 19.1 Å². The molecule has 1 rings (SSSR count). The number of hydrogen-bond acceptors (Lipinski definition) is 3. The summed E-state index contributed by atoms with van der Waals surface area (Å²) in [5, 5.41) is 8.88. The van der Waals surface area contributed by atoms with Gasteiger partial charge in [0.15, 0.2) is 0 Å². The van der Waals surface area contributed by atoms with E-state index >= 15 is 0 Å². The molecule has 0 fully saturated rings. The van der Waals surface area contributed by atoms with Gasteiger partial charge in [0.1, 0.15) is 5.82 Å². The topological polar surface area (TPSA) is 53.0 Å². The van der Waals surface area contributed by atoms with Crippen molar-refractivity contribution in [3.05, 3.63) is 29.6 Å². The molecule has 0 heterocycles. The van der Waals surface area contributed by atoms with Gasteiger partial charge in [0.2, 0.25) is 0 Å². The number of para-hydroxylation sites is 1. The van der Waals surface area contributed by atoms with E-state index in [1.54, 1.807) is 6.07 Å². The predicted octanol–water partition coefficient (Wildman–Crippen LogP) is 2.83. The minimum Gasteiger partial charge on any atom is -0.368 e. The third kappa shape index (κ3) is 3.21. The second-order valence-electron chi connectivity index (χ2n) is 4.54. The van der Waals surface area contributed by atoms with E-state index in [0.717, 1.165) is 5.56 Å². The van der Waals surface area contributed by atoms with Crippen LogP contribution < -0.4 is 10.6 Å². The molecule has 98 valence electrons. The highest BCUT2D eigenvalue weighted by molar-refractivity contribution is 5.56. The smallest absolute Gasteiger partial charge is 0.146 e. The van der Waals surface area contributed by atoms with Crippen LogP contribution in [0.25, 0.3) is 0 Å². The third-order valence-corrected chi connectivity index (χ3v) is 2.92. The molecule has 3 nitrogen and oxygen atoms in total. The van der Waals surface area contributed by atoms with Crippen molar-refractivity contribution in [3.8, 4) is 6.07 Å². The first-order valence-corrected chi connectivity index (χ1v) is 6.19. The standard InChI is InChI=1S/C14H20FN3/c1-4-18(9-10(2)8-16)14-12(11(3)17)6-5-7-13(14)15/h5-7,10-11H,4,9,17H2,1-3H3/t10?,11-/m1/s1. The Morgan fingerprint density at radius 3 is 2.61 bits per heavy atom. The van der Waals surface area contributed by atoms with Gasteiger partial charge in [-0.25, -0.2) is 4.39 Å². The molecule has 0 radical (unpaired) electrons. The first-order valence-electron chi connectivity index (χ1n) is 6.19. The minimum atomic E-state index is -0.281. The molecule has 0 aliphatic rings. The maximum atomic E-state index is 14.0. The summed E-state index contributed by atoms with van der Waals surface area (Å²) in [6.07, 6.45) is 0. The van der Waals surface area contributed by atoms with E-state index in [9.17, 15) is 4.39 Å². The summed E-state index contributed by atoms with van der Waals surface area (Å²) in [4.78, 5) is 1.88. The van der Waals surface area contributed by atoms with E-state index in [4.69, 9.17) is 11.0 Å². The van der Waals surface area contributed by atoms with Crippen LogP contribution in [0.15, 0.2) is 18.2 Å². The highest BCUT2D eigenvalue weighted by Crippen LogP contribution is 2.28. The van der Waals surface area contributed by atoms with E-state index in [-0.39, 0.29) is 17.8 Å². The van der Waals surface area contributed by atoms with Gasteiger partial charge in [-0.3, -0.25) is 0 Å². The van der Waals surface area contributed by atoms with Gasteiger partial charge in [-0.15, -0.1) is 0 Å². The van der Waals surface area contributed by atoms with Crippen LogP contribution in [0.1, 0.15) is 32.4 Å². The van der Waals surface area contributed by atoms with Gasteiger partial charge in [0.25, 0.3) is 0 Å². The van der Waals surface area contributed by atoms with Gasteiger partial charge < -0.3 is 10.6 Å². The van der Waals surface area contributed by atoms with E-state index in [2.05, 4.69) is 6.07 Å². The maximum Gasteiger partial charge on any atom is 0.146 e. The molecule has 0 saturated heterocycles. The lowest BCUT2D eigenvalue weighted by Gasteiger charge is -2.28. The molecule has 0 amide bonds. The molecule has 1 aromatic carbocycles. The Hall–Kier alpha value is -1.60. The molecule has 18 heavy (non-hydrogen) atoms. The minimum absolute atomic E-state index is 0.148. The first-order chi connectivity index (χ1) is 8.51. The van der Waals surface area contributed by atoms with Crippen LogP contribution >= 0.6 is 0 Å². The summed E-state index contributed by atoms with van der Waals surface area (Å²) < 4.78 is 14.0. The van der Waals surface area contributed by atoms with Gasteiger partial charge in [0.05, 0.1) is 17.7 Å². The second kappa shape index (κ2) is 6.36. The Bertz CT molecular complexity index is 437. The molecule has 0 aliphatic heterocycles. The zero-order valence-corrected chi connectivity index (χ0v) is 11.2. The van der Waals surface area contributed by atoms with Crippen molar-refractivity contribution >= 4 is 5.69 Å². The summed E-state index contributed by atoms with van der Waals surface area (Å²) in [5.74, 6) is -0.428. The number of anilines is 1. The molecule has 2 N–H and O–H groups in total. The Morgan fingerprint density at radius 1 is 1.44 bits per heavy atom. The van der Waals surface area contributed by atoms with Gasteiger partial charge in [-0.1, -0.05) is 12.1 Å². The Labute approximate surface area is 108 Å². The van der Waals surface area contributed by atoms with Crippen LogP contribution in [-0.2, 0) is 0 Å². The van der Waals surface area contributed by atoms with Crippen LogP contribution in [0.2, 0.25) is 0 Å². The molecule has 0 aromatic heterocycles. The number of halogens is 1. The highest BCUT2D eigenvalue weighted by Gasteiger charge is 2.18. The van der Waals surface area contributed by atoms with Crippen LogP contribution in [0.4, 0.5) is 10.1 Å². The fraction of sp³-hybridized carbons (Fsp3) is 0.500. The Morgan fingerprint density at radius 2 is 2.11 bits per heavy atom. The number of hydrogen-bond donors (Lipinski definition) is 1. The normalized spacial score (nSPS) is 13.8. The summed E-state index contributed by atoms with van der Waals surface area (Å²) in [6, 6.07) is 6.87. The first kappa shape index (κ1) is 14.5. The molecule has 0 saturated carbocycles. The van der Waals surface area contributed by atoms with E-state index in [0.29, 0.717) is 18.8 Å². The van der Waals surface area contributed by atoms with Crippen molar-refractivity contribution in [2.45, 2.75) is 26.8 Å². The van der Waals surface area contributed by atoms with Crippen molar-refractivity contribution in [2.24, 2.45) is 11.7 Å². The fourth-order valence-electron chi connectivity index (χ4n) is 1.98. The van der Waals surface area contributed by atoms with Crippen molar-refractivity contribution in [1.29, 1.82) is 5.26 Å². The molecule has 0 spiro atoms. The second-order valence-corrected chi connectivity index (χ2v) is 4.54. The monoisotopic (exact) mass is 249 g/mol. The molecule has 2 atom stereocenters. The van der Waals surface area contributed by atoms with Gasteiger partial charge >= 0.3 is 0 Å². The van der Waals surface area contributed by atoms with Crippen LogP contribution in [0, 0.1) is 23.1 Å². The Balaban J connectivity index is 3.16. The van der Waals surface area contributed by atoms with Crippen molar-refractivity contribution < 1.29 is 4.39 Å². The highest BCUT2D eigenvalue weighted by atomic mass is 19.1. The predicted molar refractivity (Wildman–Crippen MR) is 71.7 cm³/mol. The Kier molecular flexibility index (Phi) is 5.11. The summed E-state index contributed by atoms with van der Waals surface area (Å²) >= 11 is 0.